The van der Waals surface area contributed by atoms with Crippen LogP contribution in [0.15, 0.2) is 66.3 Å². The van der Waals surface area contributed by atoms with Gasteiger partial charge in [-0.1, -0.05) is 36.4 Å². The summed E-state index contributed by atoms with van der Waals surface area (Å²) in [6.07, 6.45) is 8.77. The van der Waals surface area contributed by atoms with Crippen molar-refractivity contribution in [2.75, 3.05) is 7.11 Å². The summed E-state index contributed by atoms with van der Waals surface area (Å²) in [5.41, 5.74) is 2.80. The molecule has 1 saturated carbocycles. The highest BCUT2D eigenvalue weighted by molar-refractivity contribution is 6.06. The van der Waals surface area contributed by atoms with Gasteiger partial charge < -0.3 is 9.47 Å². The van der Waals surface area contributed by atoms with Gasteiger partial charge in [0.1, 0.15) is 6.61 Å². The van der Waals surface area contributed by atoms with Crippen molar-refractivity contribution in [3.05, 3.63) is 83.5 Å². The van der Waals surface area contributed by atoms with Crippen molar-refractivity contribution in [2.24, 2.45) is 28.8 Å². The maximum absolute atomic E-state index is 12.9. The van der Waals surface area contributed by atoms with E-state index < -0.39 is 0 Å². The van der Waals surface area contributed by atoms with Crippen LogP contribution in [-0.4, -0.2) is 30.1 Å². The summed E-state index contributed by atoms with van der Waals surface area (Å²) >= 11 is 0. The Morgan fingerprint density at radius 2 is 1.86 bits per heavy atom. The Bertz CT molecular complexity index is 1280. The van der Waals surface area contributed by atoms with Crippen molar-refractivity contribution in [1.82, 2.24) is 5.01 Å². The first-order valence-electron chi connectivity index (χ1n) is 11.6. The third kappa shape index (κ3) is 3.91. The summed E-state index contributed by atoms with van der Waals surface area (Å²) < 4.78 is 11.7. The summed E-state index contributed by atoms with van der Waals surface area (Å²) in [6, 6.07) is 13.1. The lowest BCUT2D eigenvalue weighted by Crippen LogP contribution is -2.28. The molecule has 2 amide bonds. The number of carbonyl (C=O) groups excluding carboxylic acids is 2. The van der Waals surface area contributed by atoms with Gasteiger partial charge in [-0.3, -0.25) is 9.59 Å². The first-order chi connectivity index (χ1) is 17.0. The Labute approximate surface area is 203 Å². The molecule has 0 radical (unpaired) electrons. The third-order valence-corrected chi connectivity index (χ3v) is 7.02. The van der Waals surface area contributed by atoms with E-state index in [0.29, 0.717) is 29.0 Å². The number of nitriles is 1. The van der Waals surface area contributed by atoms with Gasteiger partial charge in [-0.2, -0.15) is 15.4 Å². The number of nitrogens with zero attached hydrogens (tertiary/aromatic N) is 3. The van der Waals surface area contributed by atoms with E-state index in [-0.39, 0.29) is 42.1 Å². The topological polar surface area (TPSA) is 92.0 Å². The molecule has 7 nitrogen and oxygen atoms in total. The summed E-state index contributed by atoms with van der Waals surface area (Å²) in [5.74, 6) is 0.304. The Balaban J connectivity index is 1.39. The van der Waals surface area contributed by atoms with Crippen molar-refractivity contribution in [3.8, 4) is 17.6 Å². The van der Waals surface area contributed by atoms with Gasteiger partial charge in [-0.25, -0.2) is 0 Å². The Morgan fingerprint density at radius 3 is 2.51 bits per heavy atom. The predicted molar refractivity (Wildman–Crippen MR) is 130 cm³/mol. The molecule has 4 unspecified atom stereocenters. The van der Waals surface area contributed by atoms with Crippen LogP contribution in [0.1, 0.15) is 28.7 Å². The van der Waals surface area contributed by atoms with Crippen molar-refractivity contribution < 1.29 is 19.1 Å². The molecule has 35 heavy (non-hydrogen) atoms. The van der Waals surface area contributed by atoms with Gasteiger partial charge in [0.15, 0.2) is 11.5 Å². The standard InChI is InChI=1S/C28H25N3O4/c1-3-6-20-11-17(12-23(34-2)26(20)35-16-22-8-5-4-7-21(22)14-29)15-30-31-27(32)24-18-9-10-19(13-18)25(24)28(31)33/h3-5,7-12,15,18-19,24-25H,1,6,13,16H2,2H3. The molecule has 176 valence electrons. The highest BCUT2D eigenvalue weighted by Gasteiger charge is 2.59. The van der Waals surface area contributed by atoms with E-state index in [1.54, 1.807) is 25.3 Å². The molecule has 2 aromatic carbocycles. The molecular weight excluding hydrogens is 442 g/mol. The number of rotatable bonds is 8. The second-order valence-electron chi connectivity index (χ2n) is 8.99. The Morgan fingerprint density at radius 1 is 1.14 bits per heavy atom. The molecular formula is C28H25N3O4. The van der Waals surface area contributed by atoms with E-state index in [4.69, 9.17) is 9.47 Å². The Kier molecular flexibility index (Phi) is 5.96. The molecule has 7 heteroatoms. The van der Waals surface area contributed by atoms with E-state index in [1.165, 1.54) is 6.21 Å². The minimum absolute atomic E-state index is 0.142. The van der Waals surface area contributed by atoms with Crippen LogP contribution in [0.4, 0.5) is 0 Å². The maximum Gasteiger partial charge on any atom is 0.254 e. The molecule has 1 heterocycles. The number of ether oxygens (including phenoxy) is 2. The van der Waals surface area contributed by atoms with Crippen LogP contribution in [0.25, 0.3) is 0 Å². The average Bonchev–Trinajstić information content (AvgIpc) is 3.56. The van der Waals surface area contributed by atoms with Crippen molar-refractivity contribution in [3.63, 3.8) is 0 Å². The van der Waals surface area contributed by atoms with E-state index in [2.05, 4.69) is 29.9 Å². The van der Waals surface area contributed by atoms with Crippen LogP contribution < -0.4 is 9.47 Å². The van der Waals surface area contributed by atoms with E-state index in [9.17, 15) is 14.9 Å². The van der Waals surface area contributed by atoms with Gasteiger partial charge in [0.25, 0.3) is 11.8 Å². The number of benzene rings is 2. The molecule has 4 atom stereocenters. The normalized spacial score (nSPS) is 24.2. The molecule has 2 bridgehead atoms. The zero-order valence-corrected chi connectivity index (χ0v) is 19.4. The van der Waals surface area contributed by atoms with E-state index in [1.807, 2.05) is 24.3 Å². The number of methoxy groups -OCH3 is 1. The van der Waals surface area contributed by atoms with Gasteiger partial charge in [0.05, 0.1) is 36.8 Å². The zero-order chi connectivity index (χ0) is 24.5. The minimum Gasteiger partial charge on any atom is -0.493 e. The molecule has 2 aliphatic carbocycles. The predicted octanol–water partition coefficient (Wildman–Crippen LogP) is 4.02. The van der Waals surface area contributed by atoms with Crippen LogP contribution in [-0.2, 0) is 22.6 Å². The van der Waals surface area contributed by atoms with Crippen LogP contribution >= 0.6 is 0 Å². The van der Waals surface area contributed by atoms with Gasteiger partial charge >= 0.3 is 0 Å². The van der Waals surface area contributed by atoms with Crippen LogP contribution in [0.2, 0.25) is 0 Å². The first-order valence-corrected chi connectivity index (χ1v) is 11.6. The minimum atomic E-state index is -0.285. The maximum atomic E-state index is 12.9. The summed E-state index contributed by atoms with van der Waals surface area (Å²) in [7, 11) is 1.54. The molecule has 5 rings (SSSR count). The second kappa shape index (κ2) is 9.22. The highest BCUT2D eigenvalue weighted by Crippen LogP contribution is 2.52. The van der Waals surface area contributed by atoms with Crippen LogP contribution in [0.5, 0.6) is 11.5 Å². The summed E-state index contributed by atoms with van der Waals surface area (Å²) in [4.78, 5) is 25.8. The molecule has 0 aromatic heterocycles. The lowest BCUT2D eigenvalue weighted by Gasteiger charge is -2.16. The molecule has 3 aliphatic rings. The number of imide groups is 1. The van der Waals surface area contributed by atoms with Crippen molar-refractivity contribution >= 4 is 18.0 Å². The number of carbonyl (C=O) groups is 2. The largest absolute Gasteiger partial charge is 0.493 e. The van der Waals surface area contributed by atoms with Gasteiger partial charge in [0, 0.05) is 11.1 Å². The zero-order valence-electron chi connectivity index (χ0n) is 19.4. The van der Waals surface area contributed by atoms with Crippen molar-refractivity contribution in [2.45, 2.75) is 19.4 Å². The summed E-state index contributed by atoms with van der Waals surface area (Å²) in [5, 5.41) is 14.7. The van der Waals surface area contributed by atoms with Gasteiger partial charge in [0.2, 0.25) is 0 Å². The van der Waals surface area contributed by atoms with Gasteiger partial charge in [-0.05, 0) is 48.4 Å². The lowest BCUT2D eigenvalue weighted by molar-refractivity contribution is -0.140. The Hall–Kier alpha value is -4.18. The van der Waals surface area contributed by atoms with E-state index in [0.717, 1.165) is 22.6 Å². The second-order valence-corrected chi connectivity index (χ2v) is 8.99. The molecule has 0 N–H and O–H groups in total. The molecule has 2 fully saturated rings. The SMILES string of the molecule is C=CCc1cc(C=NN2C(=O)C3C4C=CC(C4)C3C2=O)cc(OC)c1OCc1ccccc1C#N. The number of allylic oxidation sites excluding steroid dienone is 3. The fraction of sp³-hybridized carbons (Fsp3) is 0.286. The first kappa shape index (κ1) is 22.6. The number of amides is 2. The number of hydrazone groups is 1. The van der Waals surface area contributed by atoms with Crippen molar-refractivity contribution in [1.29, 1.82) is 5.26 Å². The number of hydrogen-bond acceptors (Lipinski definition) is 6. The molecule has 1 aliphatic heterocycles. The number of fused-ring (bicyclic) bond motifs is 5. The molecule has 2 aromatic rings. The van der Waals surface area contributed by atoms with Crippen LogP contribution in [0, 0.1) is 35.0 Å². The smallest absolute Gasteiger partial charge is 0.254 e. The molecule has 0 spiro atoms. The lowest BCUT2D eigenvalue weighted by atomic mass is 9.85. The number of hydrogen-bond donors (Lipinski definition) is 0. The fourth-order valence-electron chi connectivity index (χ4n) is 5.41. The van der Waals surface area contributed by atoms with Crippen LogP contribution in [0.3, 0.4) is 0 Å². The van der Waals surface area contributed by atoms with E-state index >= 15 is 0 Å². The summed E-state index contributed by atoms with van der Waals surface area (Å²) in [6.45, 7) is 4.03. The highest BCUT2D eigenvalue weighted by atomic mass is 16.5. The average molecular weight is 468 g/mol. The third-order valence-electron chi connectivity index (χ3n) is 7.02. The molecule has 1 saturated heterocycles. The fourth-order valence-corrected chi connectivity index (χ4v) is 5.41. The monoisotopic (exact) mass is 467 g/mol. The van der Waals surface area contributed by atoms with Gasteiger partial charge in [-0.15, -0.1) is 6.58 Å². The quantitative estimate of drug-likeness (QED) is 0.332.